The minimum atomic E-state index is 0.758. The molecule has 3 heteroatoms. The average molecular weight is 194 g/mol. The van der Waals surface area contributed by atoms with Crippen LogP contribution < -0.4 is 10.2 Å². The van der Waals surface area contributed by atoms with Crippen LogP contribution in [0, 0.1) is 0 Å². The highest BCUT2D eigenvalue weighted by molar-refractivity contribution is 7.80. The quantitative estimate of drug-likeness (QED) is 0.725. The fourth-order valence-corrected chi connectivity index (χ4v) is 1.42. The van der Waals surface area contributed by atoms with Gasteiger partial charge in [0.05, 0.1) is 0 Å². The predicted octanol–water partition coefficient (Wildman–Crippen LogP) is 2.02. The minimum absolute atomic E-state index is 0.758. The van der Waals surface area contributed by atoms with Crippen LogP contribution in [0.4, 0.5) is 5.69 Å². The van der Waals surface area contributed by atoms with Gasteiger partial charge in [0.1, 0.15) is 0 Å². The van der Waals surface area contributed by atoms with Gasteiger partial charge in [-0.25, -0.2) is 0 Å². The van der Waals surface area contributed by atoms with Crippen LogP contribution in [0.25, 0.3) is 0 Å². The fourth-order valence-electron chi connectivity index (χ4n) is 1.19. The molecule has 0 amide bonds. The van der Waals surface area contributed by atoms with E-state index in [0.29, 0.717) is 0 Å². The first-order valence-corrected chi connectivity index (χ1v) is 4.74. The molecule has 0 heterocycles. The molecule has 1 aromatic carbocycles. The van der Waals surface area contributed by atoms with Crippen LogP contribution in [0.15, 0.2) is 30.3 Å². The van der Waals surface area contributed by atoms with Crippen molar-refractivity contribution in [2.45, 2.75) is 6.92 Å². The lowest BCUT2D eigenvalue weighted by Gasteiger charge is -2.22. The van der Waals surface area contributed by atoms with E-state index >= 15 is 0 Å². The Morgan fingerprint density at radius 3 is 2.46 bits per heavy atom. The van der Waals surface area contributed by atoms with Gasteiger partial charge in [0.2, 0.25) is 0 Å². The molecule has 0 aliphatic rings. The van der Waals surface area contributed by atoms with Gasteiger partial charge in [0.25, 0.3) is 0 Å². The van der Waals surface area contributed by atoms with E-state index in [1.165, 1.54) is 0 Å². The second kappa shape index (κ2) is 4.82. The topological polar surface area (TPSA) is 15.3 Å². The van der Waals surface area contributed by atoms with E-state index in [4.69, 9.17) is 12.2 Å². The molecule has 1 N–H and O–H groups in total. The van der Waals surface area contributed by atoms with Crippen molar-refractivity contribution in [3.8, 4) is 0 Å². The summed E-state index contributed by atoms with van der Waals surface area (Å²) in [5.74, 6) is 0. The first kappa shape index (κ1) is 9.99. The van der Waals surface area contributed by atoms with Crippen LogP contribution in [0.1, 0.15) is 6.92 Å². The van der Waals surface area contributed by atoms with Gasteiger partial charge in [-0.3, -0.25) is 0 Å². The normalized spacial score (nSPS) is 9.38. The number of nitrogens with zero attached hydrogens (tertiary/aromatic N) is 1. The summed E-state index contributed by atoms with van der Waals surface area (Å²) in [5.41, 5.74) is 1.13. The summed E-state index contributed by atoms with van der Waals surface area (Å²) in [5, 5.41) is 3.73. The predicted molar refractivity (Wildman–Crippen MR) is 61.1 cm³/mol. The minimum Gasteiger partial charge on any atom is -0.365 e. The third-order valence-corrected chi connectivity index (χ3v) is 2.27. The summed E-state index contributed by atoms with van der Waals surface area (Å²) >= 11 is 5.17. The Balaban J connectivity index is 2.85. The summed E-state index contributed by atoms with van der Waals surface area (Å²) in [6.45, 7) is 2.96. The largest absolute Gasteiger partial charge is 0.365 e. The fraction of sp³-hybridized carbons (Fsp3) is 0.300. The highest BCUT2D eigenvalue weighted by atomic mass is 32.1. The molecule has 0 spiro atoms. The molecule has 70 valence electrons. The van der Waals surface area contributed by atoms with Crippen LogP contribution in [0.5, 0.6) is 0 Å². The number of benzene rings is 1. The summed E-state index contributed by atoms with van der Waals surface area (Å²) in [6.07, 6.45) is 0. The van der Waals surface area contributed by atoms with E-state index in [-0.39, 0.29) is 0 Å². The summed E-state index contributed by atoms with van der Waals surface area (Å²) in [7, 11) is 1.84. The number of hydrogen-bond acceptors (Lipinski definition) is 1. The molecule has 0 radical (unpaired) electrons. The number of nitrogens with one attached hydrogen (secondary N) is 1. The van der Waals surface area contributed by atoms with E-state index < -0.39 is 0 Å². The third kappa shape index (κ3) is 2.42. The second-order valence-electron chi connectivity index (χ2n) is 2.63. The van der Waals surface area contributed by atoms with Crippen molar-refractivity contribution >= 4 is 23.0 Å². The second-order valence-corrected chi connectivity index (χ2v) is 3.02. The van der Waals surface area contributed by atoms with Gasteiger partial charge < -0.3 is 10.2 Å². The van der Waals surface area contributed by atoms with Crippen molar-refractivity contribution in [2.75, 3.05) is 18.5 Å². The van der Waals surface area contributed by atoms with Gasteiger partial charge in [-0.05, 0) is 31.3 Å². The lowest BCUT2D eigenvalue weighted by molar-refractivity contribution is 1.01. The van der Waals surface area contributed by atoms with Crippen molar-refractivity contribution in [3.05, 3.63) is 30.3 Å². The number of anilines is 1. The molecule has 0 unspecified atom stereocenters. The highest BCUT2D eigenvalue weighted by Crippen LogP contribution is 2.12. The zero-order valence-corrected chi connectivity index (χ0v) is 8.77. The smallest absolute Gasteiger partial charge is 0.173 e. The maximum Gasteiger partial charge on any atom is 0.173 e. The number of rotatable bonds is 2. The van der Waals surface area contributed by atoms with Crippen LogP contribution in [0.2, 0.25) is 0 Å². The van der Waals surface area contributed by atoms with Gasteiger partial charge in [0.15, 0.2) is 5.11 Å². The molecule has 13 heavy (non-hydrogen) atoms. The zero-order chi connectivity index (χ0) is 9.68. The number of para-hydroxylation sites is 1. The van der Waals surface area contributed by atoms with Gasteiger partial charge in [-0.15, -0.1) is 0 Å². The molecule has 1 rings (SSSR count). The Hall–Kier alpha value is -1.09. The standard InChI is InChI=1S/C10H14N2S/c1-3-12(10(13)11-2)9-7-5-4-6-8-9/h4-8H,3H2,1-2H3,(H,11,13). The maximum atomic E-state index is 5.17. The molecule has 0 aromatic heterocycles. The van der Waals surface area contributed by atoms with Gasteiger partial charge >= 0.3 is 0 Å². The Morgan fingerprint density at radius 1 is 1.38 bits per heavy atom. The van der Waals surface area contributed by atoms with Gasteiger partial charge in [0, 0.05) is 19.3 Å². The molecule has 0 aliphatic carbocycles. The molecule has 0 fully saturated rings. The average Bonchev–Trinajstić information content (AvgIpc) is 2.20. The van der Waals surface area contributed by atoms with Gasteiger partial charge in [-0.2, -0.15) is 0 Å². The number of hydrogen-bond donors (Lipinski definition) is 1. The van der Waals surface area contributed by atoms with Crippen molar-refractivity contribution in [2.24, 2.45) is 0 Å². The lowest BCUT2D eigenvalue weighted by atomic mass is 10.3. The first-order chi connectivity index (χ1) is 6.29. The Kier molecular flexibility index (Phi) is 3.71. The van der Waals surface area contributed by atoms with E-state index in [9.17, 15) is 0 Å². The van der Waals surface area contributed by atoms with Crippen LogP contribution in [-0.4, -0.2) is 18.7 Å². The highest BCUT2D eigenvalue weighted by Gasteiger charge is 2.06. The third-order valence-electron chi connectivity index (χ3n) is 1.84. The van der Waals surface area contributed by atoms with Gasteiger partial charge in [-0.1, -0.05) is 18.2 Å². The molecule has 0 aliphatic heterocycles. The van der Waals surface area contributed by atoms with E-state index in [0.717, 1.165) is 17.3 Å². The van der Waals surface area contributed by atoms with E-state index in [2.05, 4.69) is 17.1 Å². The lowest BCUT2D eigenvalue weighted by Crippen LogP contribution is -2.37. The monoisotopic (exact) mass is 194 g/mol. The molecular weight excluding hydrogens is 180 g/mol. The number of thiocarbonyl (C=S) groups is 1. The van der Waals surface area contributed by atoms with Crippen molar-refractivity contribution in [3.63, 3.8) is 0 Å². The Morgan fingerprint density at radius 2 is 2.00 bits per heavy atom. The van der Waals surface area contributed by atoms with Crippen molar-refractivity contribution < 1.29 is 0 Å². The van der Waals surface area contributed by atoms with Crippen molar-refractivity contribution in [1.29, 1.82) is 0 Å². The molecular formula is C10H14N2S. The molecule has 1 aromatic rings. The van der Waals surface area contributed by atoms with E-state index in [1.807, 2.05) is 37.4 Å². The first-order valence-electron chi connectivity index (χ1n) is 4.34. The van der Waals surface area contributed by atoms with Crippen LogP contribution in [0.3, 0.4) is 0 Å². The summed E-state index contributed by atoms with van der Waals surface area (Å²) in [4.78, 5) is 2.05. The SMILES string of the molecule is CCN(C(=S)NC)c1ccccc1. The van der Waals surface area contributed by atoms with Crippen molar-refractivity contribution in [1.82, 2.24) is 5.32 Å². The molecule has 0 saturated heterocycles. The van der Waals surface area contributed by atoms with E-state index in [1.54, 1.807) is 0 Å². The van der Waals surface area contributed by atoms with Crippen LogP contribution in [-0.2, 0) is 0 Å². The molecule has 2 nitrogen and oxygen atoms in total. The molecule has 0 atom stereocenters. The summed E-state index contributed by atoms with van der Waals surface area (Å²) < 4.78 is 0. The Labute approximate surface area is 84.6 Å². The summed E-state index contributed by atoms with van der Waals surface area (Å²) in [6, 6.07) is 10.1. The molecule has 0 saturated carbocycles. The Bertz CT molecular complexity index is 272. The molecule has 0 bridgehead atoms. The zero-order valence-electron chi connectivity index (χ0n) is 7.95. The van der Waals surface area contributed by atoms with Crippen LogP contribution >= 0.6 is 12.2 Å². The maximum absolute atomic E-state index is 5.17.